The van der Waals surface area contributed by atoms with Gasteiger partial charge in [0.2, 0.25) is 0 Å². The second-order valence-electron chi connectivity index (χ2n) is 4.38. The molecule has 0 aromatic rings. The molecule has 0 amide bonds. The summed E-state index contributed by atoms with van der Waals surface area (Å²) in [5.41, 5.74) is -0.0689. The molecular weight excluding hydrogens is 166 g/mol. The fourth-order valence-corrected chi connectivity index (χ4v) is 1.99. The Labute approximate surface area is 80.1 Å². The van der Waals surface area contributed by atoms with Crippen LogP contribution in [0.15, 0.2) is 0 Å². The third-order valence-electron chi connectivity index (χ3n) is 2.20. The van der Waals surface area contributed by atoms with Crippen molar-refractivity contribution in [3.63, 3.8) is 0 Å². The van der Waals surface area contributed by atoms with Crippen molar-refractivity contribution in [3.8, 4) is 0 Å². The van der Waals surface area contributed by atoms with Crippen molar-refractivity contribution in [2.75, 3.05) is 19.6 Å². The van der Waals surface area contributed by atoms with Crippen LogP contribution in [0.4, 0.5) is 0 Å². The van der Waals surface area contributed by atoms with Crippen LogP contribution in [-0.2, 0) is 9.53 Å². The number of nitrogens with zero attached hydrogens (tertiary/aromatic N) is 1. The van der Waals surface area contributed by atoms with Gasteiger partial charge < -0.3 is 9.53 Å². The van der Waals surface area contributed by atoms with Crippen molar-refractivity contribution in [1.82, 2.24) is 4.90 Å². The van der Waals surface area contributed by atoms with E-state index in [1.807, 2.05) is 0 Å². The molecule has 0 aliphatic carbocycles. The summed E-state index contributed by atoms with van der Waals surface area (Å²) in [5, 5.41) is 0. The predicted molar refractivity (Wildman–Crippen MR) is 51.7 cm³/mol. The minimum Gasteiger partial charge on any atom is -0.370 e. The quantitative estimate of drug-likeness (QED) is 0.616. The first-order chi connectivity index (χ1) is 6.03. The molecule has 0 saturated carbocycles. The molecule has 0 aromatic carbocycles. The maximum atomic E-state index is 10.2. The van der Waals surface area contributed by atoms with E-state index in [2.05, 4.69) is 25.7 Å². The van der Waals surface area contributed by atoms with Crippen LogP contribution in [0.1, 0.15) is 27.2 Å². The number of rotatable bonds is 3. The lowest BCUT2D eigenvalue weighted by Crippen LogP contribution is -2.51. The lowest BCUT2D eigenvalue weighted by Gasteiger charge is -2.41. The van der Waals surface area contributed by atoms with Crippen LogP contribution in [0.5, 0.6) is 0 Å². The molecule has 3 heteroatoms. The van der Waals surface area contributed by atoms with Gasteiger partial charge in [0.05, 0.1) is 11.7 Å². The van der Waals surface area contributed by atoms with E-state index in [4.69, 9.17) is 4.74 Å². The number of carbonyl (C=O) groups is 1. The molecule has 3 nitrogen and oxygen atoms in total. The number of hydrogen-bond acceptors (Lipinski definition) is 3. The summed E-state index contributed by atoms with van der Waals surface area (Å²) in [6, 6.07) is 0. The number of hydrogen-bond donors (Lipinski definition) is 0. The molecule has 13 heavy (non-hydrogen) atoms. The van der Waals surface area contributed by atoms with Gasteiger partial charge in [-0.3, -0.25) is 4.90 Å². The Morgan fingerprint density at radius 3 is 2.85 bits per heavy atom. The molecular formula is C10H19NO2. The summed E-state index contributed by atoms with van der Waals surface area (Å²) < 4.78 is 5.75. The maximum Gasteiger partial charge on any atom is 0.121 e. The highest BCUT2D eigenvalue weighted by molar-refractivity contribution is 5.49. The van der Waals surface area contributed by atoms with Crippen molar-refractivity contribution in [2.45, 2.75) is 38.9 Å². The lowest BCUT2D eigenvalue weighted by molar-refractivity contribution is -0.130. The van der Waals surface area contributed by atoms with E-state index in [1.54, 1.807) is 0 Å². The number of carbonyl (C=O) groups excluding carboxylic acids is 1. The largest absolute Gasteiger partial charge is 0.370 e. The standard InChI is InChI=1S/C10H19NO2/c1-9-7-11(5-4-6-12)8-10(2,3)13-9/h6,9H,4-5,7-8H2,1-3H3. The van der Waals surface area contributed by atoms with Crippen molar-refractivity contribution in [3.05, 3.63) is 0 Å². The van der Waals surface area contributed by atoms with Gasteiger partial charge in [-0.2, -0.15) is 0 Å². The molecule has 1 aliphatic heterocycles. The molecule has 0 bridgehead atoms. The molecule has 1 rings (SSSR count). The van der Waals surface area contributed by atoms with Crippen LogP contribution in [0.3, 0.4) is 0 Å². The molecule has 1 atom stereocenters. The summed E-state index contributed by atoms with van der Waals surface area (Å²) in [7, 11) is 0. The summed E-state index contributed by atoms with van der Waals surface area (Å²) >= 11 is 0. The highest BCUT2D eigenvalue weighted by Gasteiger charge is 2.30. The van der Waals surface area contributed by atoms with Crippen LogP contribution in [0.25, 0.3) is 0 Å². The Kier molecular flexibility index (Phi) is 3.45. The van der Waals surface area contributed by atoms with Gasteiger partial charge in [-0.25, -0.2) is 0 Å². The highest BCUT2D eigenvalue weighted by Crippen LogP contribution is 2.20. The van der Waals surface area contributed by atoms with Gasteiger partial charge in [0, 0.05) is 26.1 Å². The molecule has 0 spiro atoms. The van der Waals surface area contributed by atoms with Crippen LogP contribution >= 0.6 is 0 Å². The number of ether oxygens (including phenoxy) is 1. The third kappa shape index (κ3) is 3.44. The molecule has 0 aromatic heterocycles. The smallest absolute Gasteiger partial charge is 0.121 e. The van der Waals surface area contributed by atoms with Crippen molar-refractivity contribution < 1.29 is 9.53 Å². The highest BCUT2D eigenvalue weighted by atomic mass is 16.5. The Morgan fingerprint density at radius 1 is 1.62 bits per heavy atom. The Balaban J connectivity index is 2.42. The Hall–Kier alpha value is -0.410. The first-order valence-corrected chi connectivity index (χ1v) is 4.87. The van der Waals surface area contributed by atoms with Gasteiger partial charge in [0.15, 0.2) is 0 Å². The molecule has 1 unspecified atom stereocenters. The SMILES string of the molecule is CC1CN(CCC=O)CC(C)(C)O1. The molecule has 1 fully saturated rings. The number of morpholine rings is 1. The third-order valence-corrected chi connectivity index (χ3v) is 2.20. The zero-order chi connectivity index (χ0) is 9.90. The van der Waals surface area contributed by atoms with Gasteiger partial charge in [0.1, 0.15) is 6.29 Å². The van der Waals surface area contributed by atoms with Crippen molar-refractivity contribution >= 4 is 6.29 Å². The first kappa shape index (κ1) is 10.7. The molecule has 0 radical (unpaired) electrons. The monoisotopic (exact) mass is 185 g/mol. The lowest BCUT2D eigenvalue weighted by atomic mass is 10.1. The Bertz CT molecular complexity index is 180. The van der Waals surface area contributed by atoms with Gasteiger partial charge in [-0.05, 0) is 20.8 Å². The average Bonchev–Trinajstić information content (AvgIpc) is 1.97. The van der Waals surface area contributed by atoms with E-state index < -0.39 is 0 Å². The maximum absolute atomic E-state index is 10.2. The van der Waals surface area contributed by atoms with Gasteiger partial charge >= 0.3 is 0 Å². The second kappa shape index (κ2) is 4.20. The zero-order valence-corrected chi connectivity index (χ0v) is 8.75. The zero-order valence-electron chi connectivity index (χ0n) is 8.75. The van der Waals surface area contributed by atoms with Crippen LogP contribution in [0.2, 0.25) is 0 Å². The van der Waals surface area contributed by atoms with Crippen LogP contribution in [-0.4, -0.2) is 42.5 Å². The van der Waals surface area contributed by atoms with Crippen LogP contribution in [0, 0.1) is 0 Å². The number of aldehydes is 1. The van der Waals surface area contributed by atoms with E-state index in [0.29, 0.717) is 6.42 Å². The van der Waals surface area contributed by atoms with Crippen LogP contribution < -0.4 is 0 Å². The molecule has 1 heterocycles. The van der Waals surface area contributed by atoms with Crippen molar-refractivity contribution in [2.24, 2.45) is 0 Å². The first-order valence-electron chi connectivity index (χ1n) is 4.87. The average molecular weight is 185 g/mol. The van der Waals surface area contributed by atoms with E-state index >= 15 is 0 Å². The van der Waals surface area contributed by atoms with Gasteiger partial charge in [-0.1, -0.05) is 0 Å². The molecule has 76 valence electrons. The molecule has 0 N–H and O–H groups in total. The summed E-state index contributed by atoms with van der Waals surface area (Å²) in [4.78, 5) is 12.5. The van der Waals surface area contributed by atoms with E-state index in [1.165, 1.54) is 0 Å². The summed E-state index contributed by atoms with van der Waals surface area (Å²) in [6.45, 7) is 8.99. The fourth-order valence-electron chi connectivity index (χ4n) is 1.99. The fraction of sp³-hybridized carbons (Fsp3) is 0.900. The van der Waals surface area contributed by atoms with E-state index in [-0.39, 0.29) is 11.7 Å². The minimum atomic E-state index is -0.0689. The topological polar surface area (TPSA) is 29.5 Å². The minimum absolute atomic E-state index is 0.0689. The van der Waals surface area contributed by atoms with E-state index in [0.717, 1.165) is 25.9 Å². The van der Waals surface area contributed by atoms with Crippen molar-refractivity contribution in [1.29, 1.82) is 0 Å². The van der Waals surface area contributed by atoms with Gasteiger partial charge in [-0.15, -0.1) is 0 Å². The summed E-state index contributed by atoms with van der Waals surface area (Å²) in [5.74, 6) is 0. The second-order valence-corrected chi connectivity index (χ2v) is 4.38. The summed E-state index contributed by atoms with van der Waals surface area (Å²) in [6.07, 6.45) is 1.88. The molecule has 1 aliphatic rings. The normalized spacial score (nSPS) is 28.7. The van der Waals surface area contributed by atoms with Gasteiger partial charge in [0.25, 0.3) is 0 Å². The van der Waals surface area contributed by atoms with E-state index in [9.17, 15) is 4.79 Å². The Morgan fingerprint density at radius 2 is 2.31 bits per heavy atom. The molecule has 1 saturated heterocycles. The predicted octanol–water partition coefficient (Wildman–Crippen LogP) is 1.07.